The van der Waals surface area contributed by atoms with Gasteiger partial charge in [0, 0.05) is 19.8 Å². The molecule has 64 valence electrons. The van der Waals surface area contributed by atoms with Crippen LogP contribution in [-0.2, 0) is 9.53 Å². The van der Waals surface area contributed by atoms with E-state index >= 15 is 0 Å². The summed E-state index contributed by atoms with van der Waals surface area (Å²) < 4.78 is 5.23. The van der Waals surface area contributed by atoms with Crippen molar-refractivity contribution in [1.29, 1.82) is 0 Å². The Morgan fingerprint density at radius 2 is 2.18 bits per heavy atom. The molecule has 0 unspecified atom stereocenters. The predicted molar refractivity (Wildman–Crippen MR) is 42.2 cm³/mol. The molecule has 1 aliphatic heterocycles. The quantitative estimate of drug-likeness (QED) is 0.607. The number of carbonyl (C=O) groups excluding carboxylic acids is 1. The zero-order chi connectivity index (χ0) is 8.16. The molecule has 0 radical (unpaired) electrons. The van der Waals surface area contributed by atoms with Crippen molar-refractivity contribution in [2.24, 2.45) is 5.41 Å². The van der Waals surface area contributed by atoms with Gasteiger partial charge in [0.2, 0.25) is 6.41 Å². The maximum atomic E-state index is 10.0. The van der Waals surface area contributed by atoms with E-state index in [4.69, 9.17) is 4.74 Å². The molecule has 1 heterocycles. The Hall–Kier alpha value is -0.570. The van der Waals surface area contributed by atoms with Crippen molar-refractivity contribution in [2.75, 3.05) is 19.8 Å². The first kappa shape index (κ1) is 8.53. The van der Waals surface area contributed by atoms with Crippen molar-refractivity contribution in [3.8, 4) is 0 Å². The third-order valence-corrected chi connectivity index (χ3v) is 2.31. The summed E-state index contributed by atoms with van der Waals surface area (Å²) in [5.74, 6) is 0. The lowest BCUT2D eigenvalue weighted by atomic mass is 9.82. The fraction of sp³-hybridized carbons (Fsp3) is 0.875. The normalized spacial score (nSPS) is 22.6. The second kappa shape index (κ2) is 3.72. The highest BCUT2D eigenvalue weighted by Gasteiger charge is 2.26. The maximum absolute atomic E-state index is 10.0. The summed E-state index contributed by atoms with van der Waals surface area (Å²) in [5.41, 5.74) is 0.263. The molecule has 1 rings (SSSR count). The summed E-state index contributed by atoms with van der Waals surface area (Å²) in [6.07, 6.45) is 2.86. The lowest BCUT2D eigenvalue weighted by Gasteiger charge is -2.32. The molecule has 1 saturated heterocycles. The van der Waals surface area contributed by atoms with Crippen LogP contribution in [0.2, 0.25) is 0 Å². The van der Waals surface area contributed by atoms with Gasteiger partial charge < -0.3 is 10.1 Å². The number of ether oxygens (including phenoxy) is 1. The van der Waals surface area contributed by atoms with E-state index in [0.29, 0.717) is 0 Å². The number of rotatable bonds is 3. The minimum Gasteiger partial charge on any atom is -0.381 e. The number of hydrogen-bond donors (Lipinski definition) is 1. The van der Waals surface area contributed by atoms with Crippen molar-refractivity contribution in [1.82, 2.24) is 5.32 Å². The molecule has 3 nitrogen and oxygen atoms in total. The Bertz CT molecular complexity index is 130. The molecule has 11 heavy (non-hydrogen) atoms. The Morgan fingerprint density at radius 3 is 2.73 bits per heavy atom. The van der Waals surface area contributed by atoms with Crippen molar-refractivity contribution >= 4 is 6.41 Å². The van der Waals surface area contributed by atoms with E-state index in [0.717, 1.165) is 39.0 Å². The highest BCUT2D eigenvalue weighted by atomic mass is 16.5. The molecule has 0 saturated carbocycles. The molecule has 0 spiro atoms. The van der Waals surface area contributed by atoms with Crippen LogP contribution in [0.4, 0.5) is 0 Å². The van der Waals surface area contributed by atoms with Gasteiger partial charge in [0.1, 0.15) is 0 Å². The summed E-state index contributed by atoms with van der Waals surface area (Å²) in [6.45, 7) is 4.62. The van der Waals surface area contributed by atoms with Crippen LogP contribution < -0.4 is 5.32 Å². The van der Waals surface area contributed by atoms with Crippen molar-refractivity contribution < 1.29 is 9.53 Å². The highest BCUT2D eigenvalue weighted by Crippen LogP contribution is 2.28. The lowest BCUT2D eigenvalue weighted by molar-refractivity contribution is -0.110. The molecule has 0 bridgehead atoms. The molecule has 1 amide bonds. The number of nitrogens with one attached hydrogen (secondary N) is 1. The van der Waals surface area contributed by atoms with Gasteiger partial charge in [-0.2, -0.15) is 0 Å². The largest absolute Gasteiger partial charge is 0.381 e. The van der Waals surface area contributed by atoms with Crippen LogP contribution in [0.5, 0.6) is 0 Å². The van der Waals surface area contributed by atoms with Crippen LogP contribution >= 0.6 is 0 Å². The first-order valence-corrected chi connectivity index (χ1v) is 4.02. The Kier molecular flexibility index (Phi) is 2.88. The van der Waals surface area contributed by atoms with Crippen molar-refractivity contribution in [3.63, 3.8) is 0 Å². The molecule has 0 aromatic carbocycles. The molecular formula is C8H15NO2. The zero-order valence-electron chi connectivity index (χ0n) is 6.93. The van der Waals surface area contributed by atoms with Gasteiger partial charge in [-0.15, -0.1) is 0 Å². The van der Waals surface area contributed by atoms with Gasteiger partial charge >= 0.3 is 0 Å². The van der Waals surface area contributed by atoms with E-state index in [1.807, 2.05) is 0 Å². The van der Waals surface area contributed by atoms with Crippen LogP contribution in [0.3, 0.4) is 0 Å². The predicted octanol–water partition coefficient (Wildman–Crippen LogP) is 0.549. The number of amides is 1. The molecule has 0 aromatic heterocycles. The third kappa shape index (κ3) is 2.50. The minimum absolute atomic E-state index is 0.263. The van der Waals surface area contributed by atoms with Gasteiger partial charge in [-0.05, 0) is 18.3 Å². The summed E-state index contributed by atoms with van der Waals surface area (Å²) in [6, 6.07) is 0. The fourth-order valence-electron chi connectivity index (χ4n) is 1.33. The zero-order valence-corrected chi connectivity index (χ0v) is 6.93. The van der Waals surface area contributed by atoms with Crippen LogP contribution in [0.25, 0.3) is 0 Å². The van der Waals surface area contributed by atoms with Crippen molar-refractivity contribution in [3.05, 3.63) is 0 Å². The standard InChI is InChI=1S/C8H15NO2/c1-8(6-9-7-10)2-4-11-5-3-8/h7H,2-6H2,1H3,(H,9,10). The SMILES string of the molecule is CC1(CNC=O)CCOCC1. The molecule has 1 fully saturated rings. The Morgan fingerprint density at radius 1 is 1.55 bits per heavy atom. The molecule has 0 atom stereocenters. The Balaban J connectivity index is 2.30. The third-order valence-electron chi connectivity index (χ3n) is 2.31. The van der Waals surface area contributed by atoms with E-state index in [9.17, 15) is 4.79 Å². The first-order chi connectivity index (χ1) is 5.27. The monoisotopic (exact) mass is 157 g/mol. The van der Waals surface area contributed by atoms with E-state index in [-0.39, 0.29) is 5.41 Å². The van der Waals surface area contributed by atoms with E-state index < -0.39 is 0 Å². The average Bonchev–Trinajstić information content (AvgIpc) is 2.03. The minimum atomic E-state index is 0.263. The van der Waals surface area contributed by atoms with E-state index in [2.05, 4.69) is 12.2 Å². The maximum Gasteiger partial charge on any atom is 0.207 e. The van der Waals surface area contributed by atoms with Crippen LogP contribution in [0, 0.1) is 5.41 Å². The van der Waals surface area contributed by atoms with E-state index in [1.54, 1.807) is 0 Å². The second-order valence-electron chi connectivity index (χ2n) is 3.42. The molecule has 3 heteroatoms. The van der Waals surface area contributed by atoms with Crippen molar-refractivity contribution in [2.45, 2.75) is 19.8 Å². The summed E-state index contributed by atoms with van der Waals surface area (Å²) >= 11 is 0. The van der Waals surface area contributed by atoms with Gasteiger partial charge in [0.15, 0.2) is 0 Å². The molecule has 0 aliphatic carbocycles. The van der Waals surface area contributed by atoms with Gasteiger partial charge in [-0.25, -0.2) is 0 Å². The highest BCUT2D eigenvalue weighted by molar-refractivity contribution is 5.45. The second-order valence-corrected chi connectivity index (χ2v) is 3.42. The molecule has 1 aliphatic rings. The smallest absolute Gasteiger partial charge is 0.207 e. The summed E-state index contributed by atoms with van der Waals surface area (Å²) in [5, 5.41) is 2.72. The van der Waals surface area contributed by atoms with Gasteiger partial charge in [-0.3, -0.25) is 4.79 Å². The molecule has 0 aromatic rings. The lowest BCUT2D eigenvalue weighted by Crippen LogP contribution is -2.36. The average molecular weight is 157 g/mol. The summed E-state index contributed by atoms with van der Waals surface area (Å²) in [4.78, 5) is 10.0. The molecule has 1 N–H and O–H groups in total. The van der Waals surface area contributed by atoms with Gasteiger partial charge in [0.25, 0.3) is 0 Å². The topological polar surface area (TPSA) is 38.3 Å². The number of carbonyl (C=O) groups is 1. The van der Waals surface area contributed by atoms with Gasteiger partial charge in [0.05, 0.1) is 0 Å². The summed E-state index contributed by atoms with van der Waals surface area (Å²) in [7, 11) is 0. The fourth-order valence-corrected chi connectivity index (χ4v) is 1.33. The van der Waals surface area contributed by atoms with Crippen LogP contribution in [0.1, 0.15) is 19.8 Å². The number of hydrogen-bond acceptors (Lipinski definition) is 2. The van der Waals surface area contributed by atoms with Crippen LogP contribution in [-0.4, -0.2) is 26.2 Å². The van der Waals surface area contributed by atoms with Gasteiger partial charge in [-0.1, -0.05) is 6.92 Å². The molecular weight excluding hydrogens is 142 g/mol. The van der Waals surface area contributed by atoms with E-state index in [1.165, 1.54) is 0 Å². The van der Waals surface area contributed by atoms with Crippen LogP contribution in [0.15, 0.2) is 0 Å². The Labute approximate surface area is 67.1 Å². The first-order valence-electron chi connectivity index (χ1n) is 4.02.